The summed E-state index contributed by atoms with van der Waals surface area (Å²) in [5, 5.41) is 2.71. The molecule has 3 rings (SSSR count). The summed E-state index contributed by atoms with van der Waals surface area (Å²) in [4.78, 5) is 12.1. The molecule has 2 aromatic rings. The van der Waals surface area contributed by atoms with Crippen LogP contribution >= 0.6 is 15.9 Å². The Kier molecular flexibility index (Phi) is 3.44. The second-order valence-electron chi connectivity index (χ2n) is 4.47. The molecule has 0 aromatic heterocycles. The van der Waals surface area contributed by atoms with Crippen molar-refractivity contribution in [2.24, 2.45) is 0 Å². The highest BCUT2D eigenvalue weighted by atomic mass is 79.9. The maximum absolute atomic E-state index is 13.7. The molecule has 0 atom stereocenters. The lowest BCUT2D eigenvalue weighted by Gasteiger charge is -2.09. The van der Waals surface area contributed by atoms with Crippen molar-refractivity contribution in [3.63, 3.8) is 0 Å². The summed E-state index contributed by atoms with van der Waals surface area (Å²) in [6.45, 7) is 0.658. The topological polar surface area (TPSA) is 38.3 Å². The Bertz CT molecular complexity index is 667. The van der Waals surface area contributed by atoms with E-state index in [-0.39, 0.29) is 5.56 Å². The smallest absolute Gasteiger partial charge is 0.259 e. The van der Waals surface area contributed by atoms with Gasteiger partial charge in [-0.1, -0.05) is 6.07 Å². The average molecular weight is 336 g/mol. The largest absolute Gasteiger partial charge is 0.493 e. The van der Waals surface area contributed by atoms with Gasteiger partial charge in [-0.25, -0.2) is 4.39 Å². The molecule has 0 radical (unpaired) electrons. The number of hydrogen-bond acceptors (Lipinski definition) is 2. The molecule has 2 aromatic carbocycles. The van der Waals surface area contributed by atoms with E-state index in [1.807, 2.05) is 12.1 Å². The van der Waals surface area contributed by atoms with Gasteiger partial charge in [0, 0.05) is 16.6 Å². The lowest BCUT2D eigenvalue weighted by Crippen LogP contribution is -2.14. The molecule has 0 bridgehead atoms. The third-order valence-electron chi connectivity index (χ3n) is 3.14. The predicted octanol–water partition coefficient (Wildman–Crippen LogP) is 3.78. The van der Waals surface area contributed by atoms with E-state index in [1.54, 1.807) is 18.2 Å². The average Bonchev–Trinajstić information content (AvgIpc) is 2.85. The lowest BCUT2D eigenvalue weighted by atomic mass is 10.1. The van der Waals surface area contributed by atoms with E-state index in [1.165, 1.54) is 6.07 Å². The van der Waals surface area contributed by atoms with Crippen LogP contribution in [0.15, 0.2) is 40.9 Å². The van der Waals surface area contributed by atoms with Crippen LogP contribution in [-0.2, 0) is 6.42 Å². The minimum Gasteiger partial charge on any atom is -0.493 e. The number of nitrogens with one attached hydrogen (secondary N) is 1. The molecular formula is C15H11BrFNO2. The molecular weight excluding hydrogens is 325 g/mol. The molecule has 1 heterocycles. The van der Waals surface area contributed by atoms with Gasteiger partial charge in [0.25, 0.3) is 5.91 Å². The molecule has 0 saturated carbocycles. The van der Waals surface area contributed by atoms with Crippen molar-refractivity contribution >= 4 is 27.5 Å². The summed E-state index contributed by atoms with van der Waals surface area (Å²) in [5.74, 6) is -0.190. The van der Waals surface area contributed by atoms with Crippen molar-refractivity contribution in [2.45, 2.75) is 6.42 Å². The maximum Gasteiger partial charge on any atom is 0.259 e. The van der Waals surface area contributed by atoms with Gasteiger partial charge in [-0.05, 0) is 51.8 Å². The molecule has 5 heteroatoms. The lowest BCUT2D eigenvalue weighted by molar-refractivity contribution is 0.102. The van der Waals surface area contributed by atoms with Crippen LogP contribution in [0.1, 0.15) is 15.9 Å². The summed E-state index contributed by atoms with van der Waals surface area (Å²) < 4.78 is 19.5. The third kappa shape index (κ3) is 2.41. The fraction of sp³-hybridized carbons (Fsp3) is 0.133. The zero-order valence-corrected chi connectivity index (χ0v) is 12.0. The quantitative estimate of drug-likeness (QED) is 0.907. The van der Waals surface area contributed by atoms with Crippen molar-refractivity contribution in [3.8, 4) is 5.75 Å². The van der Waals surface area contributed by atoms with E-state index in [9.17, 15) is 9.18 Å². The fourth-order valence-electron chi connectivity index (χ4n) is 2.17. The van der Waals surface area contributed by atoms with Gasteiger partial charge in [-0.15, -0.1) is 0 Å². The Balaban J connectivity index is 1.86. The Labute approximate surface area is 123 Å². The summed E-state index contributed by atoms with van der Waals surface area (Å²) in [7, 11) is 0. The second-order valence-corrected chi connectivity index (χ2v) is 5.33. The zero-order valence-electron chi connectivity index (χ0n) is 10.5. The van der Waals surface area contributed by atoms with Crippen LogP contribution in [0.3, 0.4) is 0 Å². The van der Waals surface area contributed by atoms with Crippen molar-refractivity contribution in [1.29, 1.82) is 0 Å². The number of fused-ring (bicyclic) bond motifs is 1. The first-order chi connectivity index (χ1) is 9.65. The van der Waals surface area contributed by atoms with E-state index in [2.05, 4.69) is 21.2 Å². The molecule has 1 amide bonds. The van der Waals surface area contributed by atoms with E-state index < -0.39 is 11.7 Å². The van der Waals surface area contributed by atoms with Crippen LogP contribution in [0.5, 0.6) is 5.75 Å². The Morgan fingerprint density at radius 1 is 1.30 bits per heavy atom. The number of ether oxygens (including phenoxy) is 1. The number of hydrogen-bond donors (Lipinski definition) is 1. The molecule has 3 nitrogen and oxygen atoms in total. The number of carbonyl (C=O) groups is 1. The predicted molar refractivity (Wildman–Crippen MR) is 77.7 cm³/mol. The standard InChI is InChI=1S/C15H11BrFNO2/c16-11-2-1-3-12(17)14(11)15(19)18-10-4-5-13-9(8-10)6-7-20-13/h1-5,8H,6-7H2,(H,18,19). The van der Waals surface area contributed by atoms with Crippen molar-refractivity contribution in [2.75, 3.05) is 11.9 Å². The Morgan fingerprint density at radius 2 is 2.15 bits per heavy atom. The maximum atomic E-state index is 13.7. The molecule has 0 fully saturated rings. The van der Waals surface area contributed by atoms with Crippen LogP contribution in [0, 0.1) is 5.82 Å². The molecule has 102 valence electrons. The summed E-state index contributed by atoms with van der Waals surface area (Å²) in [6.07, 6.45) is 0.822. The van der Waals surface area contributed by atoms with E-state index in [0.29, 0.717) is 16.8 Å². The minimum absolute atomic E-state index is 0.00393. The van der Waals surface area contributed by atoms with Gasteiger partial charge in [0.2, 0.25) is 0 Å². The van der Waals surface area contributed by atoms with Gasteiger partial charge >= 0.3 is 0 Å². The number of anilines is 1. The SMILES string of the molecule is O=C(Nc1ccc2c(c1)CCO2)c1c(F)cccc1Br. The highest BCUT2D eigenvalue weighted by molar-refractivity contribution is 9.10. The number of halogens is 2. The van der Waals surface area contributed by atoms with Gasteiger partial charge in [0.05, 0.1) is 12.2 Å². The summed E-state index contributed by atoms with van der Waals surface area (Å²) >= 11 is 3.19. The molecule has 0 unspecified atom stereocenters. The molecule has 0 saturated heterocycles. The third-order valence-corrected chi connectivity index (χ3v) is 3.80. The molecule has 1 aliphatic rings. The first-order valence-electron chi connectivity index (χ1n) is 6.16. The molecule has 20 heavy (non-hydrogen) atoms. The van der Waals surface area contributed by atoms with Gasteiger partial charge < -0.3 is 10.1 Å². The van der Waals surface area contributed by atoms with Gasteiger partial charge in [0.15, 0.2) is 0 Å². The van der Waals surface area contributed by atoms with Crippen LogP contribution in [0.2, 0.25) is 0 Å². The molecule has 1 aliphatic heterocycles. The first-order valence-corrected chi connectivity index (χ1v) is 6.95. The molecule has 1 N–H and O–H groups in total. The Morgan fingerprint density at radius 3 is 2.95 bits per heavy atom. The highest BCUT2D eigenvalue weighted by Crippen LogP contribution is 2.28. The summed E-state index contributed by atoms with van der Waals surface area (Å²) in [5.41, 5.74) is 1.69. The van der Waals surface area contributed by atoms with Crippen molar-refractivity contribution < 1.29 is 13.9 Å². The van der Waals surface area contributed by atoms with Crippen molar-refractivity contribution in [3.05, 3.63) is 57.8 Å². The zero-order chi connectivity index (χ0) is 14.1. The number of carbonyl (C=O) groups excluding carboxylic acids is 1. The fourth-order valence-corrected chi connectivity index (χ4v) is 2.69. The van der Waals surface area contributed by atoms with E-state index in [4.69, 9.17) is 4.74 Å². The van der Waals surface area contributed by atoms with E-state index >= 15 is 0 Å². The van der Waals surface area contributed by atoms with Crippen LogP contribution in [0.4, 0.5) is 10.1 Å². The molecule has 0 spiro atoms. The van der Waals surface area contributed by atoms with E-state index in [0.717, 1.165) is 17.7 Å². The van der Waals surface area contributed by atoms with Crippen LogP contribution in [-0.4, -0.2) is 12.5 Å². The normalized spacial score (nSPS) is 12.7. The van der Waals surface area contributed by atoms with Crippen LogP contribution in [0.25, 0.3) is 0 Å². The van der Waals surface area contributed by atoms with Gasteiger partial charge in [0.1, 0.15) is 11.6 Å². The minimum atomic E-state index is -0.554. The number of rotatable bonds is 2. The molecule has 0 aliphatic carbocycles. The monoisotopic (exact) mass is 335 g/mol. The van der Waals surface area contributed by atoms with Crippen molar-refractivity contribution in [1.82, 2.24) is 0 Å². The van der Waals surface area contributed by atoms with Gasteiger partial charge in [-0.3, -0.25) is 4.79 Å². The second kappa shape index (κ2) is 5.25. The van der Waals surface area contributed by atoms with Crippen LogP contribution < -0.4 is 10.1 Å². The number of amides is 1. The summed E-state index contributed by atoms with van der Waals surface area (Å²) in [6, 6.07) is 9.85. The highest BCUT2D eigenvalue weighted by Gasteiger charge is 2.17. The Hall–Kier alpha value is -1.88. The first kappa shape index (κ1) is 13.1. The van der Waals surface area contributed by atoms with Gasteiger partial charge in [-0.2, -0.15) is 0 Å². The number of benzene rings is 2.